The third-order valence-electron chi connectivity index (χ3n) is 3.83. The molecule has 0 radical (unpaired) electrons. The number of anilines is 2. The molecule has 4 nitrogen and oxygen atoms in total. The number of aromatic nitrogens is 1. The summed E-state index contributed by atoms with van der Waals surface area (Å²) in [4.78, 5) is 6.81. The zero-order valence-electron chi connectivity index (χ0n) is 12.1. The summed E-state index contributed by atoms with van der Waals surface area (Å²) in [5.74, 6) is 1.80. The maximum Gasteiger partial charge on any atom is 0.128 e. The fourth-order valence-electron chi connectivity index (χ4n) is 2.31. The molecule has 4 heteroatoms. The summed E-state index contributed by atoms with van der Waals surface area (Å²) in [5.41, 5.74) is 1.11. The average Bonchev–Trinajstić information content (AvgIpc) is 2.50. The first-order chi connectivity index (χ1) is 9.33. The van der Waals surface area contributed by atoms with Crippen LogP contribution < -0.4 is 10.2 Å². The van der Waals surface area contributed by atoms with Gasteiger partial charge in [0.05, 0.1) is 25.1 Å². The van der Waals surface area contributed by atoms with Crippen LogP contribution in [0, 0.1) is 5.92 Å². The first-order valence-electron chi connectivity index (χ1n) is 7.36. The molecule has 0 amide bonds. The molecule has 1 N–H and O–H groups in total. The molecule has 0 spiro atoms. The predicted octanol–water partition coefficient (Wildman–Crippen LogP) is 2.77. The summed E-state index contributed by atoms with van der Waals surface area (Å²) in [6.45, 7) is 9.00. The van der Waals surface area contributed by atoms with E-state index in [1.807, 2.05) is 6.20 Å². The summed E-state index contributed by atoms with van der Waals surface area (Å²) >= 11 is 0. The van der Waals surface area contributed by atoms with Crippen molar-refractivity contribution in [2.24, 2.45) is 5.92 Å². The lowest BCUT2D eigenvalue weighted by atomic mass is 10.0. The van der Waals surface area contributed by atoms with Gasteiger partial charge >= 0.3 is 0 Å². The standard InChI is InChI=1S/C15H25N3O/c1-3-13(4-2)11-16-14-5-6-15(17-12-14)18-7-9-19-10-8-18/h5-6,12-13,16H,3-4,7-11H2,1-2H3. The smallest absolute Gasteiger partial charge is 0.128 e. The molecule has 0 aromatic carbocycles. The van der Waals surface area contributed by atoms with Gasteiger partial charge in [0.1, 0.15) is 5.82 Å². The minimum Gasteiger partial charge on any atom is -0.384 e. The highest BCUT2D eigenvalue weighted by Crippen LogP contribution is 2.16. The molecule has 106 valence electrons. The van der Waals surface area contributed by atoms with Crippen molar-refractivity contribution in [3.05, 3.63) is 18.3 Å². The van der Waals surface area contributed by atoms with Crippen LogP contribution in [0.1, 0.15) is 26.7 Å². The molecule has 1 aromatic rings. The van der Waals surface area contributed by atoms with Crippen LogP contribution in [0.3, 0.4) is 0 Å². The fourth-order valence-corrected chi connectivity index (χ4v) is 2.31. The summed E-state index contributed by atoms with van der Waals surface area (Å²) in [7, 11) is 0. The zero-order chi connectivity index (χ0) is 13.5. The van der Waals surface area contributed by atoms with E-state index in [-0.39, 0.29) is 0 Å². The molecule has 0 unspecified atom stereocenters. The number of hydrogen-bond donors (Lipinski definition) is 1. The van der Waals surface area contributed by atoms with Crippen molar-refractivity contribution in [2.75, 3.05) is 43.1 Å². The lowest BCUT2D eigenvalue weighted by Crippen LogP contribution is -2.36. The minimum atomic E-state index is 0.749. The summed E-state index contributed by atoms with van der Waals surface area (Å²) in [6, 6.07) is 4.22. The van der Waals surface area contributed by atoms with Gasteiger partial charge in [0.15, 0.2) is 0 Å². The second-order valence-electron chi connectivity index (χ2n) is 5.07. The van der Waals surface area contributed by atoms with Crippen LogP contribution in [-0.2, 0) is 4.74 Å². The van der Waals surface area contributed by atoms with E-state index >= 15 is 0 Å². The quantitative estimate of drug-likeness (QED) is 0.856. The molecule has 1 saturated heterocycles. The highest BCUT2D eigenvalue weighted by Gasteiger charge is 2.12. The van der Waals surface area contributed by atoms with Crippen LogP contribution >= 0.6 is 0 Å². The molecule has 2 heterocycles. The van der Waals surface area contributed by atoms with E-state index in [0.717, 1.165) is 50.3 Å². The zero-order valence-corrected chi connectivity index (χ0v) is 12.1. The Morgan fingerprint density at radius 2 is 2.00 bits per heavy atom. The Morgan fingerprint density at radius 3 is 2.58 bits per heavy atom. The highest BCUT2D eigenvalue weighted by molar-refractivity contribution is 5.48. The van der Waals surface area contributed by atoms with Crippen molar-refractivity contribution in [1.82, 2.24) is 4.98 Å². The molecule has 19 heavy (non-hydrogen) atoms. The van der Waals surface area contributed by atoms with Gasteiger partial charge in [0.2, 0.25) is 0 Å². The number of nitrogens with one attached hydrogen (secondary N) is 1. The van der Waals surface area contributed by atoms with Gasteiger partial charge in [0.25, 0.3) is 0 Å². The fraction of sp³-hybridized carbons (Fsp3) is 0.667. The molecule has 0 saturated carbocycles. The lowest BCUT2D eigenvalue weighted by Gasteiger charge is -2.27. The van der Waals surface area contributed by atoms with E-state index in [1.54, 1.807) is 0 Å². The average molecular weight is 263 g/mol. The van der Waals surface area contributed by atoms with Gasteiger partial charge in [-0.25, -0.2) is 4.98 Å². The number of hydrogen-bond acceptors (Lipinski definition) is 4. The number of pyridine rings is 1. The van der Waals surface area contributed by atoms with Gasteiger partial charge in [-0.3, -0.25) is 0 Å². The van der Waals surface area contributed by atoms with Gasteiger partial charge in [0, 0.05) is 19.6 Å². The predicted molar refractivity (Wildman–Crippen MR) is 79.8 cm³/mol. The van der Waals surface area contributed by atoms with Crippen LogP contribution in [0.2, 0.25) is 0 Å². The summed E-state index contributed by atoms with van der Waals surface area (Å²) in [6.07, 6.45) is 4.39. The minimum absolute atomic E-state index is 0.749. The maximum atomic E-state index is 5.35. The third kappa shape index (κ3) is 4.10. The SMILES string of the molecule is CCC(CC)CNc1ccc(N2CCOCC2)nc1. The molecule has 0 atom stereocenters. The molecule has 1 aliphatic rings. The van der Waals surface area contributed by atoms with Crippen LogP contribution in [0.25, 0.3) is 0 Å². The molecule has 0 aliphatic carbocycles. The molecule has 0 bridgehead atoms. The van der Waals surface area contributed by atoms with Gasteiger partial charge in [-0.2, -0.15) is 0 Å². The summed E-state index contributed by atoms with van der Waals surface area (Å²) in [5, 5.41) is 3.47. The number of rotatable bonds is 6. The van der Waals surface area contributed by atoms with Gasteiger partial charge in [-0.05, 0) is 18.1 Å². The van der Waals surface area contributed by atoms with E-state index in [1.165, 1.54) is 12.8 Å². The Balaban J connectivity index is 1.87. The molecule has 1 fully saturated rings. The van der Waals surface area contributed by atoms with E-state index < -0.39 is 0 Å². The van der Waals surface area contributed by atoms with Gasteiger partial charge < -0.3 is 15.0 Å². The highest BCUT2D eigenvalue weighted by atomic mass is 16.5. The van der Waals surface area contributed by atoms with Crippen molar-refractivity contribution in [1.29, 1.82) is 0 Å². The first-order valence-corrected chi connectivity index (χ1v) is 7.36. The first kappa shape index (κ1) is 14.1. The molecule has 1 aliphatic heterocycles. The van der Waals surface area contributed by atoms with Gasteiger partial charge in [-0.15, -0.1) is 0 Å². The van der Waals surface area contributed by atoms with Crippen molar-refractivity contribution < 1.29 is 4.74 Å². The Kier molecular flexibility index (Phi) is 5.45. The Labute approximate surface area is 116 Å². The summed E-state index contributed by atoms with van der Waals surface area (Å²) < 4.78 is 5.35. The second-order valence-corrected chi connectivity index (χ2v) is 5.07. The van der Waals surface area contributed by atoms with E-state index in [9.17, 15) is 0 Å². The molecular formula is C15H25N3O. The van der Waals surface area contributed by atoms with Crippen molar-refractivity contribution in [2.45, 2.75) is 26.7 Å². The van der Waals surface area contributed by atoms with Crippen molar-refractivity contribution in [3.8, 4) is 0 Å². The largest absolute Gasteiger partial charge is 0.384 e. The third-order valence-corrected chi connectivity index (χ3v) is 3.83. The Hall–Kier alpha value is -1.29. The van der Waals surface area contributed by atoms with Crippen LogP contribution in [-0.4, -0.2) is 37.8 Å². The molecule has 1 aromatic heterocycles. The Bertz CT molecular complexity index is 356. The number of nitrogens with zero attached hydrogens (tertiary/aromatic N) is 2. The topological polar surface area (TPSA) is 37.4 Å². The van der Waals surface area contributed by atoms with Crippen LogP contribution in [0.15, 0.2) is 18.3 Å². The monoisotopic (exact) mass is 263 g/mol. The maximum absolute atomic E-state index is 5.35. The van der Waals surface area contributed by atoms with Crippen LogP contribution in [0.5, 0.6) is 0 Å². The van der Waals surface area contributed by atoms with Crippen molar-refractivity contribution in [3.63, 3.8) is 0 Å². The number of morpholine rings is 1. The van der Waals surface area contributed by atoms with E-state index in [0.29, 0.717) is 0 Å². The van der Waals surface area contributed by atoms with Gasteiger partial charge in [-0.1, -0.05) is 26.7 Å². The second kappa shape index (κ2) is 7.34. The Morgan fingerprint density at radius 1 is 1.26 bits per heavy atom. The van der Waals surface area contributed by atoms with E-state index in [4.69, 9.17) is 4.74 Å². The molecular weight excluding hydrogens is 238 g/mol. The van der Waals surface area contributed by atoms with Crippen LogP contribution in [0.4, 0.5) is 11.5 Å². The number of ether oxygens (including phenoxy) is 1. The lowest BCUT2D eigenvalue weighted by molar-refractivity contribution is 0.122. The van der Waals surface area contributed by atoms with Crippen molar-refractivity contribution >= 4 is 11.5 Å². The van der Waals surface area contributed by atoms with E-state index in [2.05, 4.69) is 41.2 Å². The molecule has 2 rings (SSSR count). The normalized spacial score (nSPS) is 15.8.